The van der Waals surface area contributed by atoms with Crippen LogP contribution in [0.15, 0.2) is 0 Å². The molecule has 0 unspecified atom stereocenters. The molecule has 1 saturated heterocycles. The van der Waals surface area contributed by atoms with Crippen LogP contribution in [-0.2, 0) is 9.53 Å². The van der Waals surface area contributed by atoms with Crippen LogP contribution in [-0.4, -0.2) is 31.3 Å². The van der Waals surface area contributed by atoms with Crippen molar-refractivity contribution >= 4 is 18.4 Å². The van der Waals surface area contributed by atoms with E-state index in [0.717, 1.165) is 0 Å². The van der Waals surface area contributed by atoms with E-state index >= 15 is 0 Å². The zero-order valence-corrected chi connectivity index (χ0v) is 8.95. The van der Waals surface area contributed by atoms with Crippen LogP contribution < -0.4 is 5.32 Å². The summed E-state index contributed by atoms with van der Waals surface area (Å²) in [4.78, 5) is 11.1. The molecule has 1 rings (SSSR count). The molecule has 0 bridgehead atoms. The molecule has 3 nitrogen and oxygen atoms in total. The van der Waals surface area contributed by atoms with E-state index in [4.69, 9.17) is 0 Å². The topological polar surface area (TPSA) is 38.3 Å². The number of carbonyl (C=O) groups is 1. The second-order valence-electron chi connectivity index (χ2n) is 3.12. The standard InChI is InChI=1S/C8H12F3NO2.ClH/c1-2-14-7(13)6-5(3-4-12-6)8(9,10)11;/h5-6,12H,2-4H2,1H3;1H/t5-,6-;/m0./s1. The number of ether oxygens (including phenoxy) is 1. The predicted molar refractivity (Wildman–Crippen MR) is 49.8 cm³/mol. The number of carbonyl (C=O) groups excluding carboxylic acids is 1. The van der Waals surface area contributed by atoms with E-state index < -0.39 is 24.1 Å². The Morgan fingerprint density at radius 1 is 1.53 bits per heavy atom. The molecule has 90 valence electrons. The highest BCUT2D eigenvalue weighted by Crippen LogP contribution is 2.34. The molecule has 0 aliphatic carbocycles. The molecule has 15 heavy (non-hydrogen) atoms. The fourth-order valence-corrected chi connectivity index (χ4v) is 1.54. The lowest BCUT2D eigenvalue weighted by molar-refractivity contribution is -0.185. The molecule has 1 N–H and O–H groups in total. The monoisotopic (exact) mass is 247 g/mol. The SMILES string of the molecule is CCOC(=O)[C@H]1NCC[C@@H]1C(F)(F)F.Cl. The van der Waals surface area contributed by atoms with Crippen LogP contribution in [0.1, 0.15) is 13.3 Å². The smallest absolute Gasteiger partial charge is 0.393 e. The quantitative estimate of drug-likeness (QED) is 0.752. The molecule has 1 heterocycles. The predicted octanol–water partition coefficient (Wildman–Crippen LogP) is 1.51. The van der Waals surface area contributed by atoms with Gasteiger partial charge in [0.05, 0.1) is 12.5 Å². The van der Waals surface area contributed by atoms with Crippen LogP contribution in [0.3, 0.4) is 0 Å². The number of halogens is 4. The zero-order valence-electron chi connectivity index (χ0n) is 8.13. The Bertz CT molecular complexity index is 222. The first-order chi connectivity index (χ1) is 6.46. The van der Waals surface area contributed by atoms with Crippen molar-refractivity contribution in [2.45, 2.75) is 25.6 Å². The molecule has 0 aromatic rings. The summed E-state index contributed by atoms with van der Waals surface area (Å²) in [5.74, 6) is -2.42. The molecule has 7 heteroatoms. The Morgan fingerprint density at radius 2 is 2.13 bits per heavy atom. The normalized spacial score (nSPS) is 25.9. The minimum Gasteiger partial charge on any atom is -0.465 e. The summed E-state index contributed by atoms with van der Waals surface area (Å²) >= 11 is 0. The molecule has 0 radical (unpaired) electrons. The van der Waals surface area contributed by atoms with Crippen molar-refractivity contribution < 1.29 is 22.7 Å². The summed E-state index contributed by atoms with van der Waals surface area (Å²) in [6, 6.07) is -1.23. The number of hydrogen-bond acceptors (Lipinski definition) is 3. The molecule has 0 aromatic carbocycles. The maximum Gasteiger partial charge on any atom is 0.393 e. The average Bonchev–Trinajstić information content (AvgIpc) is 2.50. The van der Waals surface area contributed by atoms with Gasteiger partial charge in [-0.05, 0) is 19.9 Å². The van der Waals surface area contributed by atoms with E-state index in [0.29, 0.717) is 0 Å². The number of rotatable bonds is 2. The van der Waals surface area contributed by atoms with Crippen LogP contribution >= 0.6 is 12.4 Å². The summed E-state index contributed by atoms with van der Waals surface area (Å²) in [5.41, 5.74) is 0. The van der Waals surface area contributed by atoms with Gasteiger partial charge < -0.3 is 10.1 Å². The van der Waals surface area contributed by atoms with E-state index in [1.807, 2.05) is 0 Å². The van der Waals surface area contributed by atoms with Gasteiger partial charge in [-0.3, -0.25) is 4.79 Å². The fraction of sp³-hybridized carbons (Fsp3) is 0.875. The van der Waals surface area contributed by atoms with Gasteiger partial charge in [0.15, 0.2) is 0 Å². The Kier molecular flexibility index (Phi) is 5.37. The van der Waals surface area contributed by atoms with E-state index in [9.17, 15) is 18.0 Å². The Morgan fingerprint density at radius 3 is 2.60 bits per heavy atom. The summed E-state index contributed by atoms with van der Waals surface area (Å²) in [6.07, 6.45) is -4.39. The van der Waals surface area contributed by atoms with E-state index in [-0.39, 0.29) is 32.0 Å². The van der Waals surface area contributed by atoms with Gasteiger partial charge in [-0.15, -0.1) is 12.4 Å². The minimum atomic E-state index is -4.33. The molecular formula is C8H13ClF3NO2. The van der Waals surface area contributed by atoms with Gasteiger partial charge in [0.25, 0.3) is 0 Å². The first kappa shape index (κ1) is 14.5. The highest BCUT2D eigenvalue weighted by atomic mass is 35.5. The van der Waals surface area contributed by atoms with Crippen LogP contribution in [0, 0.1) is 5.92 Å². The highest BCUT2D eigenvalue weighted by molar-refractivity contribution is 5.85. The van der Waals surface area contributed by atoms with Crippen LogP contribution in [0.5, 0.6) is 0 Å². The van der Waals surface area contributed by atoms with Gasteiger partial charge >= 0.3 is 12.1 Å². The van der Waals surface area contributed by atoms with Gasteiger partial charge in [0.1, 0.15) is 6.04 Å². The van der Waals surface area contributed by atoms with Crippen molar-refractivity contribution in [3.05, 3.63) is 0 Å². The van der Waals surface area contributed by atoms with Gasteiger partial charge in [0.2, 0.25) is 0 Å². The third-order valence-corrected chi connectivity index (χ3v) is 2.18. The van der Waals surface area contributed by atoms with Crippen molar-refractivity contribution in [2.75, 3.05) is 13.2 Å². The molecule has 0 amide bonds. The third kappa shape index (κ3) is 3.53. The van der Waals surface area contributed by atoms with Gasteiger partial charge in [-0.1, -0.05) is 0 Å². The molecule has 0 spiro atoms. The zero-order chi connectivity index (χ0) is 10.8. The molecule has 0 saturated carbocycles. The fourth-order valence-electron chi connectivity index (χ4n) is 1.54. The third-order valence-electron chi connectivity index (χ3n) is 2.18. The largest absolute Gasteiger partial charge is 0.465 e. The maximum absolute atomic E-state index is 12.4. The second kappa shape index (κ2) is 5.55. The summed E-state index contributed by atoms with van der Waals surface area (Å²) in [6.45, 7) is 1.87. The molecule has 1 fully saturated rings. The average molecular weight is 248 g/mol. The van der Waals surface area contributed by atoms with Gasteiger partial charge in [-0.2, -0.15) is 13.2 Å². The van der Waals surface area contributed by atoms with Crippen LogP contribution in [0.2, 0.25) is 0 Å². The van der Waals surface area contributed by atoms with Crippen molar-refractivity contribution in [1.82, 2.24) is 5.32 Å². The Labute approximate surface area is 91.8 Å². The van der Waals surface area contributed by atoms with Gasteiger partial charge in [-0.25, -0.2) is 0 Å². The van der Waals surface area contributed by atoms with Crippen LogP contribution in [0.4, 0.5) is 13.2 Å². The van der Waals surface area contributed by atoms with Crippen LogP contribution in [0.25, 0.3) is 0 Å². The Hall–Kier alpha value is -0.490. The van der Waals surface area contributed by atoms with E-state index in [1.54, 1.807) is 6.92 Å². The summed E-state index contributed by atoms with van der Waals surface area (Å²) in [7, 11) is 0. The number of alkyl halides is 3. The van der Waals surface area contributed by atoms with Gasteiger partial charge in [0, 0.05) is 0 Å². The Balaban J connectivity index is 0.00000196. The number of nitrogens with one attached hydrogen (secondary N) is 1. The maximum atomic E-state index is 12.4. The summed E-state index contributed by atoms with van der Waals surface area (Å²) < 4.78 is 41.6. The van der Waals surface area contributed by atoms with E-state index in [1.165, 1.54) is 0 Å². The lowest BCUT2D eigenvalue weighted by Gasteiger charge is -2.20. The minimum absolute atomic E-state index is 0. The molecule has 1 aliphatic rings. The summed E-state index contributed by atoms with van der Waals surface area (Å²) in [5, 5.41) is 2.50. The number of esters is 1. The highest BCUT2D eigenvalue weighted by Gasteiger charge is 2.50. The second-order valence-corrected chi connectivity index (χ2v) is 3.12. The first-order valence-electron chi connectivity index (χ1n) is 4.43. The molecular weight excluding hydrogens is 235 g/mol. The van der Waals surface area contributed by atoms with Crippen molar-refractivity contribution in [3.63, 3.8) is 0 Å². The van der Waals surface area contributed by atoms with E-state index in [2.05, 4.69) is 10.1 Å². The molecule has 2 atom stereocenters. The first-order valence-corrected chi connectivity index (χ1v) is 4.43. The lowest BCUT2D eigenvalue weighted by Crippen LogP contribution is -2.42. The van der Waals surface area contributed by atoms with Crippen molar-refractivity contribution in [1.29, 1.82) is 0 Å². The van der Waals surface area contributed by atoms with Crippen molar-refractivity contribution in [3.8, 4) is 0 Å². The van der Waals surface area contributed by atoms with Crippen molar-refractivity contribution in [2.24, 2.45) is 5.92 Å². The molecule has 1 aliphatic heterocycles. The lowest BCUT2D eigenvalue weighted by atomic mass is 10.0. The number of hydrogen-bond donors (Lipinski definition) is 1. The molecule has 0 aromatic heterocycles.